The van der Waals surface area contributed by atoms with Crippen molar-refractivity contribution in [2.45, 2.75) is 20.0 Å². The normalized spacial score (nSPS) is 10.8. The van der Waals surface area contributed by atoms with Crippen molar-refractivity contribution >= 4 is 45.5 Å². The van der Waals surface area contributed by atoms with Crippen molar-refractivity contribution in [2.75, 3.05) is 5.32 Å². The predicted octanol–water partition coefficient (Wildman–Crippen LogP) is 5.89. The summed E-state index contributed by atoms with van der Waals surface area (Å²) in [6.45, 7) is 2.91. The van der Waals surface area contributed by atoms with Gasteiger partial charge in [-0.1, -0.05) is 60.1 Å². The van der Waals surface area contributed by atoms with Crippen LogP contribution in [0.5, 0.6) is 0 Å². The average molecular weight is 448 g/mol. The minimum absolute atomic E-state index is 0.145. The van der Waals surface area contributed by atoms with Crippen LogP contribution in [0.1, 0.15) is 16.7 Å². The molecule has 31 heavy (non-hydrogen) atoms. The van der Waals surface area contributed by atoms with Crippen molar-refractivity contribution < 1.29 is 0 Å². The second kappa shape index (κ2) is 9.33. The van der Waals surface area contributed by atoms with Gasteiger partial charge in [-0.2, -0.15) is 0 Å². The van der Waals surface area contributed by atoms with Crippen molar-refractivity contribution in [3.63, 3.8) is 0 Å². The molecule has 0 aliphatic rings. The Morgan fingerprint density at radius 1 is 1.00 bits per heavy atom. The van der Waals surface area contributed by atoms with Gasteiger partial charge >= 0.3 is 0 Å². The zero-order chi connectivity index (χ0) is 21.8. The SMILES string of the molecule is Cc1cc2cc(CN(Cc3ccccc3)C(=S)Nc3ccccc3)c(=O)[nH]c2cc1Cl. The molecule has 1 heterocycles. The molecule has 2 N–H and O–H groups in total. The maximum atomic E-state index is 12.8. The standard InChI is InChI=1S/C25H22ClN3OS/c1-17-12-19-13-20(24(30)28-23(19)14-22(17)26)16-29(15-18-8-4-2-5-9-18)25(31)27-21-10-6-3-7-11-21/h2-14H,15-16H2,1H3,(H,27,31)(H,28,30). The minimum Gasteiger partial charge on any atom is -0.340 e. The number of rotatable bonds is 5. The Kier molecular flexibility index (Phi) is 6.35. The molecule has 0 saturated heterocycles. The number of benzene rings is 3. The molecule has 6 heteroatoms. The number of aromatic nitrogens is 1. The number of pyridine rings is 1. The lowest BCUT2D eigenvalue weighted by Gasteiger charge is -2.26. The highest BCUT2D eigenvalue weighted by molar-refractivity contribution is 7.80. The van der Waals surface area contributed by atoms with Gasteiger partial charge in [-0.3, -0.25) is 4.79 Å². The fraction of sp³-hybridized carbons (Fsp3) is 0.120. The molecule has 0 aliphatic carbocycles. The highest BCUT2D eigenvalue weighted by atomic mass is 35.5. The van der Waals surface area contributed by atoms with E-state index in [2.05, 4.69) is 10.3 Å². The van der Waals surface area contributed by atoms with Crippen LogP contribution in [0.25, 0.3) is 10.9 Å². The van der Waals surface area contributed by atoms with E-state index in [1.54, 1.807) is 6.07 Å². The largest absolute Gasteiger partial charge is 0.340 e. The van der Waals surface area contributed by atoms with Crippen molar-refractivity contribution in [1.82, 2.24) is 9.88 Å². The summed E-state index contributed by atoms with van der Waals surface area (Å²) in [4.78, 5) is 17.8. The van der Waals surface area contributed by atoms with Crippen LogP contribution in [0.2, 0.25) is 5.02 Å². The Labute approximate surface area is 191 Å². The number of hydrogen-bond donors (Lipinski definition) is 2. The molecule has 0 aliphatic heterocycles. The van der Waals surface area contributed by atoms with E-state index >= 15 is 0 Å². The minimum atomic E-state index is -0.145. The molecular weight excluding hydrogens is 426 g/mol. The van der Waals surface area contributed by atoms with Crippen LogP contribution >= 0.6 is 23.8 Å². The predicted molar refractivity (Wildman–Crippen MR) is 133 cm³/mol. The van der Waals surface area contributed by atoms with Crippen LogP contribution in [0.15, 0.2) is 83.7 Å². The van der Waals surface area contributed by atoms with E-state index in [1.807, 2.05) is 84.6 Å². The van der Waals surface area contributed by atoms with Gasteiger partial charge in [0, 0.05) is 28.3 Å². The lowest BCUT2D eigenvalue weighted by Crippen LogP contribution is -2.35. The first-order valence-corrected chi connectivity index (χ1v) is 10.8. The monoisotopic (exact) mass is 447 g/mol. The molecule has 1 aromatic heterocycles. The summed E-state index contributed by atoms with van der Waals surface area (Å²) in [5.41, 5.74) is 4.21. The fourth-order valence-electron chi connectivity index (χ4n) is 3.44. The summed E-state index contributed by atoms with van der Waals surface area (Å²) < 4.78 is 0. The van der Waals surface area contributed by atoms with Gasteiger partial charge in [-0.25, -0.2) is 0 Å². The molecule has 4 aromatic rings. The average Bonchev–Trinajstić information content (AvgIpc) is 2.76. The molecule has 0 radical (unpaired) electrons. The lowest BCUT2D eigenvalue weighted by molar-refractivity contribution is 0.411. The number of hydrogen-bond acceptors (Lipinski definition) is 2. The molecule has 0 bridgehead atoms. The first kappa shape index (κ1) is 21.1. The quantitative estimate of drug-likeness (QED) is 0.374. The van der Waals surface area contributed by atoms with Crippen LogP contribution in [0.3, 0.4) is 0 Å². The molecule has 4 nitrogen and oxygen atoms in total. The third kappa shape index (κ3) is 5.13. The van der Waals surface area contributed by atoms with E-state index < -0.39 is 0 Å². The van der Waals surface area contributed by atoms with Gasteiger partial charge < -0.3 is 15.2 Å². The van der Waals surface area contributed by atoms with Gasteiger partial charge in [0.25, 0.3) is 5.56 Å². The maximum absolute atomic E-state index is 12.8. The molecule has 4 rings (SSSR count). The van der Waals surface area contributed by atoms with Crippen molar-refractivity contribution in [3.8, 4) is 0 Å². The maximum Gasteiger partial charge on any atom is 0.253 e. The number of para-hydroxylation sites is 1. The molecule has 3 aromatic carbocycles. The van der Waals surface area contributed by atoms with Crippen LogP contribution in [-0.4, -0.2) is 15.0 Å². The second-order valence-corrected chi connectivity index (χ2v) is 8.24. The van der Waals surface area contributed by atoms with Crippen molar-refractivity contribution in [3.05, 3.63) is 111 Å². The van der Waals surface area contributed by atoms with E-state index in [0.717, 1.165) is 27.7 Å². The molecule has 0 unspecified atom stereocenters. The lowest BCUT2D eigenvalue weighted by atomic mass is 10.1. The third-order valence-corrected chi connectivity index (χ3v) is 5.86. The highest BCUT2D eigenvalue weighted by Gasteiger charge is 2.15. The molecule has 0 spiro atoms. The number of anilines is 1. The number of aromatic amines is 1. The zero-order valence-electron chi connectivity index (χ0n) is 17.1. The Hall–Kier alpha value is -3.15. The number of aryl methyl sites for hydroxylation is 1. The van der Waals surface area contributed by atoms with Crippen LogP contribution in [0.4, 0.5) is 5.69 Å². The van der Waals surface area contributed by atoms with Crippen molar-refractivity contribution in [1.29, 1.82) is 0 Å². The summed E-state index contributed by atoms with van der Waals surface area (Å²) in [6, 6.07) is 25.6. The van der Waals surface area contributed by atoms with Gasteiger partial charge in [-0.05, 0) is 66.0 Å². The third-order valence-electron chi connectivity index (χ3n) is 5.09. The number of halogens is 1. The Morgan fingerprint density at radius 2 is 1.68 bits per heavy atom. The van der Waals surface area contributed by atoms with Crippen LogP contribution in [0, 0.1) is 6.92 Å². The van der Waals surface area contributed by atoms with E-state index in [-0.39, 0.29) is 5.56 Å². The summed E-state index contributed by atoms with van der Waals surface area (Å²) in [6.07, 6.45) is 0. The fourth-order valence-corrected chi connectivity index (χ4v) is 3.85. The first-order valence-electron chi connectivity index (χ1n) is 9.96. The molecule has 156 valence electrons. The summed E-state index contributed by atoms with van der Waals surface area (Å²) in [5.74, 6) is 0. The Morgan fingerprint density at radius 3 is 2.39 bits per heavy atom. The number of fused-ring (bicyclic) bond motifs is 1. The number of thiocarbonyl (C=S) groups is 1. The van der Waals surface area contributed by atoms with Gasteiger partial charge in [0.05, 0.1) is 6.54 Å². The topological polar surface area (TPSA) is 48.1 Å². The van der Waals surface area contributed by atoms with Gasteiger partial charge in [0.1, 0.15) is 0 Å². The van der Waals surface area contributed by atoms with Crippen molar-refractivity contribution in [2.24, 2.45) is 0 Å². The number of nitrogens with one attached hydrogen (secondary N) is 2. The summed E-state index contributed by atoms with van der Waals surface area (Å²) >= 11 is 11.9. The molecule has 0 atom stereocenters. The molecular formula is C25H22ClN3OS. The second-order valence-electron chi connectivity index (χ2n) is 7.45. The number of nitrogens with zero attached hydrogens (tertiary/aromatic N) is 1. The Bertz CT molecular complexity index is 1270. The summed E-state index contributed by atoms with van der Waals surface area (Å²) in [5, 5.41) is 5.42. The van der Waals surface area contributed by atoms with Crippen LogP contribution in [-0.2, 0) is 13.1 Å². The highest BCUT2D eigenvalue weighted by Crippen LogP contribution is 2.22. The summed E-state index contributed by atoms with van der Waals surface area (Å²) in [7, 11) is 0. The Balaban J connectivity index is 1.66. The smallest absolute Gasteiger partial charge is 0.253 e. The van der Waals surface area contributed by atoms with Gasteiger partial charge in [0.15, 0.2) is 5.11 Å². The number of H-pyrrole nitrogens is 1. The first-order chi connectivity index (χ1) is 15.0. The van der Waals surface area contributed by atoms with E-state index in [0.29, 0.717) is 28.8 Å². The van der Waals surface area contributed by atoms with E-state index in [1.165, 1.54) is 0 Å². The van der Waals surface area contributed by atoms with E-state index in [4.69, 9.17) is 23.8 Å². The van der Waals surface area contributed by atoms with Gasteiger partial charge in [-0.15, -0.1) is 0 Å². The van der Waals surface area contributed by atoms with Crippen LogP contribution < -0.4 is 10.9 Å². The molecule has 0 saturated carbocycles. The zero-order valence-corrected chi connectivity index (χ0v) is 18.6. The molecule has 0 fully saturated rings. The van der Waals surface area contributed by atoms with E-state index in [9.17, 15) is 4.79 Å². The van der Waals surface area contributed by atoms with Gasteiger partial charge in [0.2, 0.25) is 0 Å². The molecule has 0 amide bonds.